The van der Waals surface area contributed by atoms with Crippen molar-refractivity contribution in [1.29, 1.82) is 0 Å². The summed E-state index contributed by atoms with van der Waals surface area (Å²) in [5.74, 6) is 2.35. The topological polar surface area (TPSA) is 109 Å². The smallest absolute Gasteiger partial charge is 0.214 e. The Labute approximate surface area is 164 Å². The van der Waals surface area contributed by atoms with E-state index in [1.807, 2.05) is 0 Å². The fourth-order valence-corrected chi connectivity index (χ4v) is 6.56. The van der Waals surface area contributed by atoms with Crippen LogP contribution >= 0.6 is 0 Å². The second kappa shape index (κ2) is 6.67. The molecule has 3 atom stereocenters. The number of hydrogen-bond acceptors (Lipinski definition) is 6. The lowest BCUT2D eigenvalue weighted by Crippen LogP contribution is -2.35. The number of hydrogen-bond donors (Lipinski definition) is 3. The van der Waals surface area contributed by atoms with Crippen molar-refractivity contribution in [2.75, 3.05) is 11.9 Å². The highest BCUT2D eigenvalue weighted by atomic mass is 32.2. The number of aliphatic hydroxyl groups is 1. The van der Waals surface area contributed by atoms with Gasteiger partial charge in [-0.25, -0.2) is 23.1 Å². The number of nitrogens with one attached hydrogen (secondary N) is 2. The summed E-state index contributed by atoms with van der Waals surface area (Å²) in [6, 6.07) is -0.0431. The van der Waals surface area contributed by atoms with Crippen molar-refractivity contribution in [3.63, 3.8) is 0 Å². The van der Waals surface area contributed by atoms with E-state index in [0.29, 0.717) is 11.6 Å². The number of nitrogens with zero attached hydrogens (tertiary/aromatic N) is 3. The lowest BCUT2D eigenvalue weighted by molar-refractivity contribution is 0.278. The molecule has 2 aromatic heterocycles. The van der Waals surface area contributed by atoms with Gasteiger partial charge in [0.1, 0.15) is 11.6 Å². The number of rotatable bonds is 6. The van der Waals surface area contributed by atoms with Crippen LogP contribution in [0.1, 0.15) is 62.2 Å². The normalized spacial score (nSPS) is 27.3. The lowest BCUT2D eigenvalue weighted by atomic mass is 9.93. The average molecular weight is 406 g/mol. The summed E-state index contributed by atoms with van der Waals surface area (Å²) in [6.07, 6.45) is 6.76. The molecular formula is C19H27N5O3S. The molecule has 9 heteroatoms. The number of aromatic nitrogens is 3. The molecule has 2 fully saturated rings. The lowest BCUT2D eigenvalue weighted by Gasteiger charge is -2.17. The number of aliphatic hydroxyl groups excluding tert-OH is 1. The predicted molar refractivity (Wildman–Crippen MR) is 106 cm³/mol. The third kappa shape index (κ3) is 2.91. The molecular weight excluding hydrogens is 378 g/mol. The zero-order valence-electron chi connectivity index (χ0n) is 16.1. The highest BCUT2D eigenvalue weighted by molar-refractivity contribution is 7.90. The summed E-state index contributed by atoms with van der Waals surface area (Å²) in [5.41, 5.74) is 2.61. The Hall–Kier alpha value is -1.71. The molecule has 5 rings (SSSR count). The molecule has 0 aromatic carbocycles. The van der Waals surface area contributed by atoms with Gasteiger partial charge in [-0.2, -0.15) is 0 Å². The van der Waals surface area contributed by atoms with E-state index in [0.717, 1.165) is 67.9 Å². The molecule has 8 nitrogen and oxygen atoms in total. The van der Waals surface area contributed by atoms with Gasteiger partial charge in [-0.15, -0.1) is 0 Å². The van der Waals surface area contributed by atoms with Crippen molar-refractivity contribution in [2.45, 2.75) is 69.3 Å². The van der Waals surface area contributed by atoms with Gasteiger partial charge in [0.05, 0.1) is 35.0 Å². The van der Waals surface area contributed by atoms with Gasteiger partial charge in [0.25, 0.3) is 0 Å². The van der Waals surface area contributed by atoms with Gasteiger partial charge in [0.2, 0.25) is 10.0 Å². The number of anilines is 1. The van der Waals surface area contributed by atoms with Crippen LogP contribution in [0.4, 0.5) is 5.82 Å². The van der Waals surface area contributed by atoms with Crippen LogP contribution in [0.2, 0.25) is 0 Å². The summed E-state index contributed by atoms with van der Waals surface area (Å²) < 4.78 is 30.0. The molecule has 0 radical (unpaired) electrons. The van der Waals surface area contributed by atoms with E-state index in [9.17, 15) is 13.5 Å². The maximum atomic E-state index is 12.4. The van der Waals surface area contributed by atoms with Gasteiger partial charge in [-0.05, 0) is 31.6 Å². The summed E-state index contributed by atoms with van der Waals surface area (Å²) in [6.45, 7) is 2.88. The van der Waals surface area contributed by atoms with E-state index in [1.54, 1.807) is 6.20 Å². The predicted octanol–water partition coefficient (Wildman–Crippen LogP) is 1.54. The molecule has 0 bridgehead atoms. The molecule has 3 heterocycles. The second-order valence-electron chi connectivity index (χ2n) is 8.33. The monoisotopic (exact) mass is 405 g/mol. The minimum Gasteiger partial charge on any atom is -0.390 e. The van der Waals surface area contributed by atoms with Gasteiger partial charge < -0.3 is 10.4 Å². The molecule has 0 saturated heterocycles. The van der Waals surface area contributed by atoms with Crippen molar-refractivity contribution < 1.29 is 13.5 Å². The molecule has 0 amide bonds. The highest BCUT2D eigenvalue weighted by Crippen LogP contribution is 2.43. The Morgan fingerprint density at radius 1 is 1.36 bits per heavy atom. The van der Waals surface area contributed by atoms with Crippen LogP contribution in [0.3, 0.4) is 0 Å². The first-order valence-electron chi connectivity index (χ1n) is 10.3. The Morgan fingerprint density at radius 3 is 2.89 bits per heavy atom. The van der Waals surface area contributed by atoms with Crippen LogP contribution in [0.25, 0.3) is 5.52 Å². The van der Waals surface area contributed by atoms with Crippen LogP contribution < -0.4 is 10.0 Å². The van der Waals surface area contributed by atoms with Gasteiger partial charge >= 0.3 is 0 Å². The third-order valence-electron chi connectivity index (χ3n) is 6.52. The molecule has 0 unspecified atom stereocenters. The van der Waals surface area contributed by atoms with Crippen molar-refractivity contribution >= 4 is 21.4 Å². The van der Waals surface area contributed by atoms with E-state index in [1.165, 1.54) is 0 Å². The van der Waals surface area contributed by atoms with E-state index in [4.69, 9.17) is 4.98 Å². The van der Waals surface area contributed by atoms with Crippen molar-refractivity contribution in [2.24, 2.45) is 5.92 Å². The average Bonchev–Trinajstić information content (AvgIpc) is 3.16. The maximum absolute atomic E-state index is 12.4. The minimum atomic E-state index is -3.20. The van der Waals surface area contributed by atoms with Gasteiger partial charge in [0, 0.05) is 24.9 Å². The number of fused-ring (bicyclic) bond motifs is 3. The van der Waals surface area contributed by atoms with Crippen molar-refractivity contribution in [3.8, 4) is 0 Å². The molecule has 3 aliphatic rings. The fraction of sp³-hybridized carbons (Fsp3) is 0.684. The summed E-state index contributed by atoms with van der Waals surface area (Å²) >= 11 is 0. The molecule has 0 spiro atoms. The fourth-order valence-electron chi connectivity index (χ4n) is 4.96. The van der Waals surface area contributed by atoms with Crippen LogP contribution in [0, 0.1) is 5.92 Å². The molecule has 152 valence electrons. The summed E-state index contributed by atoms with van der Waals surface area (Å²) in [5, 5.41) is 12.9. The summed E-state index contributed by atoms with van der Waals surface area (Å²) in [4.78, 5) is 9.30. The molecule has 2 saturated carbocycles. The molecule has 2 aliphatic carbocycles. The van der Waals surface area contributed by atoms with E-state index in [2.05, 4.69) is 26.3 Å². The van der Waals surface area contributed by atoms with Crippen LogP contribution in [-0.2, 0) is 23.1 Å². The largest absolute Gasteiger partial charge is 0.390 e. The molecule has 1 aliphatic heterocycles. The number of sulfonamides is 1. The first-order valence-corrected chi connectivity index (χ1v) is 11.8. The van der Waals surface area contributed by atoms with Crippen LogP contribution in [0.5, 0.6) is 0 Å². The van der Waals surface area contributed by atoms with Gasteiger partial charge in [-0.1, -0.05) is 13.3 Å². The third-order valence-corrected chi connectivity index (χ3v) is 8.53. The highest BCUT2D eigenvalue weighted by Gasteiger charge is 2.42. The quantitative estimate of drug-likeness (QED) is 0.673. The molecule has 2 aromatic rings. The van der Waals surface area contributed by atoms with Crippen molar-refractivity contribution in [3.05, 3.63) is 23.4 Å². The van der Waals surface area contributed by atoms with Gasteiger partial charge in [0.15, 0.2) is 0 Å². The van der Waals surface area contributed by atoms with Crippen LogP contribution in [0.15, 0.2) is 6.20 Å². The Bertz CT molecular complexity index is 1010. The first-order chi connectivity index (χ1) is 13.5. The van der Waals surface area contributed by atoms with Gasteiger partial charge in [-0.3, -0.25) is 4.40 Å². The molecule has 3 N–H and O–H groups in total. The standard InChI is InChI=1S/C19H27N5O3S/c1-2-11-7-12(23-28(26,27)13-3-4-13)8-14(11)19-22-15(10-25)17-9-21-18-16(24(17)19)5-6-20-18/h9,11-14,20,23,25H,2-8,10H2,1H3/t11-,12+,14+/m1/s1. The minimum absolute atomic E-state index is 0.0431. The Morgan fingerprint density at radius 2 is 2.18 bits per heavy atom. The van der Waals surface area contributed by atoms with Crippen molar-refractivity contribution in [1.82, 2.24) is 19.1 Å². The SMILES string of the molecule is CC[C@@H]1C[C@H](NS(=O)(=O)C2CC2)C[C@@H]1c1nc(CO)c2cnc3c(n12)CCN3. The zero-order chi connectivity index (χ0) is 19.5. The van der Waals surface area contributed by atoms with Crippen LogP contribution in [-0.4, -0.2) is 45.7 Å². The second-order valence-corrected chi connectivity index (χ2v) is 10.3. The van der Waals surface area contributed by atoms with E-state index < -0.39 is 10.0 Å². The summed E-state index contributed by atoms with van der Waals surface area (Å²) in [7, 11) is -3.20. The first kappa shape index (κ1) is 18.3. The maximum Gasteiger partial charge on any atom is 0.214 e. The Kier molecular flexibility index (Phi) is 4.37. The number of imidazole rings is 1. The zero-order valence-corrected chi connectivity index (χ0v) is 16.9. The van der Waals surface area contributed by atoms with E-state index in [-0.39, 0.29) is 23.8 Å². The Balaban J connectivity index is 1.52. The van der Waals surface area contributed by atoms with E-state index >= 15 is 0 Å². The molecule has 28 heavy (non-hydrogen) atoms.